The van der Waals surface area contributed by atoms with Gasteiger partial charge in [0.1, 0.15) is 12.4 Å². The van der Waals surface area contributed by atoms with Gasteiger partial charge in [-0.15, -0.1) is 0 Å². The van der Waals surface area contributed by atoms with Crippen LogP contribution in [0, 0.1) is 0 Å². The van der Waals surface area contributed by atoms with Crippen LogP contribution in [0.15, 0.2) is 35.5 Å². The summed E-state index contributed by atoms with van der Waals surface area (Å²) in [5.74, 6) is -0.147. The molecular weight excluding hydrogens is 561 g/mol. The van der Waals surface area contributed by atoms with E-state index >= 15 is 0 Å². The first-order valence-corrected chi connectivity index (χ1v) is 17.0. The summed E-state index contributed by atoms with van der Waals surface area (Å²) in [6.07, 6.45) is -0.841. The van der Waals surface area contributed by atoms with Crippen LogP contribution in [-0.2, 0) is 20.6 Å². The summed E-state index contributed by atoms with van der Waals surface area (Å²) in [5.41, 5.74) is -1.03. The molecule has 14 heteroatoms. The molecule has 0 unspecified atom stereocenters. The van der Waals surface area contributed by atoms with E-state index in [0.29, 0.717) is 23.8 Å². The van der Waals surface area contributed by atoms with Crippen LogP contribution < -0.4 is 10.1 Å². The second kappa shape index (κ2) is 11.7. The molecule has 2 heterocycles. The molecule has 2 aromatic rings. The minimum atomic E-state index is -4.70. The Morgan fingerprint density at radius 3 is 2.26 bits per heavy atom. The molecule has 0 bridgehead atoms. The molecule has 1 aliphatic heterocycles. The third-order valence-corrected chi connectivity index (χ3v) is 13.5. The van der Waals surface area contributed by atoms with Crippen molar-refractivity contribution in [3.63, 3.8) is 0 Å². The molecule has 0 aliphatic carbocycles. The second-order valence-electron chi connectivity index (χ2n) is 10.7. The summed E-state index contributed by atoms with van der Waals surface area (Å²) in [7, 11) is -6.15. The third kappa shape index (κ3) is 7.59. The van der Waals surface area contributed by atoms with E-state index in [1.165, 1.54) is 16.7 Å². The average molecular weight is 595 g/mol. The van der Waals surface area contributed by atoms with Crippen molar-refractivity contribution >= 4 is 35.9 Å². The number of nitrogens with zero attached hydrogens (tertiary/aromatic N) is 3. The summed E-state index contributed by atoms with van der Waals surface area (Å²) in [6, 6.07) is 2.62. The predicted octanol–water partition coefficient (Wildman–Crippen LogP) is 5.81. The van der Waals surface area contributed by atoms with Gasteiger partial charge in [0.15, 0.2) is 8.32 Å². The van der Waals surface area contributed by atoms with E-state index < -0.39 is 35.8 Å². The van der Waals surface area contributed by atoms with Gasteiger partial charge in [0, 0.05) is 25.2 Å². The molecule has 0 radical (unpaired) electrons. The molecule has 0 saturated carbocycles. The highest BCUT2D eigenvalue weighted by Gasteiger charge is 2.38. The highest BCUT2D eigenvalue weighted by molar-refractivity contribution is 7.89. The standard InChI is InChI=1S/C24H34ClF3N4O4SSi/c1-23(2,3)38(4,5)36-13-12-35-21-14-19(6-7-20(21)24(26,27)28)37(33,34)32-10-8-18(9-11-32)31-22-29-15-17(25)16-30-22/h6-7,14-16,18H,8-13H2,1-5H3,(H,29,30,31). The first-order chi connectivity index (χ1) is 17.5. The van der Waals surface area contributed by atoms with Crippen molar-refractivity contribution < 1.29 is 30.8 Å². The average Bonchev–Trinajstić information content (AvgIpc) is 2.82. The first-order valence-electron chi connectivity index (χ1n) is 12.2. The van der Waals surface area contributed by atoms with Gasteiger partial charge in [0.05, 0.1) is 34.5 Å². The first kappa shape index (κ1) is 30.6. The van der Waals surface area contributed by atoms with Crippen molar-refractivity contribution in [1.82, 2.24) is 14.3 Å². The molecule has 1 fully saturated rings. The molecule has 1 N–H and O–H groups in total. The number of hydrogen-bond acceptors (Lipinski definition) is 7. The Kier molecular flexibility index (Phi) is 9.40. The monoisotopic (exact) mass is 594 g/mol. The topological polar surface area (TPSA) is 93.7 Å². The Labute approximate surface area is 228 Å². The van der Waals surface area contributed by atoms with Crippen LogP contribution in [-0.4, -0.2) is 63.4 Å². The second-order valence-corrected chi connectivity index (χ2v) is 17.8. The number of rotatable bonds is 9. The number of hydrogen-bond donors (Lipinski definition) is 1. The predicted molar refractivity (Wildman–Crippen MR) is 143 cm³/mol. The van der Waals surface area contributed by atoms with Gasteiger partial charge in [-0.1, -0.05) is 32.4 Å². The van der Waals surface area contributed by atoms with E-state index in [1.54, 1.807) is 0 Å². The lowest BCUT2D eigenvalue weighted by atomic mass is 10.1. The van der Waals surface area contributed by atoms with Gasteiger partial charge >= 0.3 is 6.18 Å². The third-order valence-electron chi connectivity index (χ3n) is 6.91. The zero-order chi connectivity index (χ0) is 28.4. The molecule has 1 aromatic heterocycles. The normalized spacial score (nSPS) is 16.4. The van der Waals surface area contributed by atoms with Crippen molar-refractivity contribution in [2.75, 3.05) is 31.6 Å². The number of halogens is 4. The molecular formula is C24H34ClF3N4O4SSi. The van der Waals surface area contributed by atoms with E-state index in [4.69, 9.17) is 20.8 Å². The fraction of sp³-hybridized carbons (Fsp3) is 0.583. The molecule has 38 heavy (non-hydrogen) atoms. The summed E-state index contributed by atoms with van der Waals surface area (Å²) >= 11 is 5.80. The summed E-state index contributed by atoms with van der Waals surface area (Å²) in [5, 5.41) is 3.48. The SMILES string of the molecule is CC(C)(C)[Si](C)(C)OCCOc1cc(S(=O)(=O)N2CCC(Nc3ncc(Cl)cn3)CC2)ccc1C(F)(F)F. The number of piperidine rings is 1. The maximum atomic E-state index is 13.6. The fourth-order valence-electron chi connectivity index (χ4n) is 3.64. The summed E-state index contributed by atoms with van der Waals surface area (Å²) in [6.45, 7) is 10.6. The lowest BCUT2D eigenvalue weighted by molar-refractivity contribution is -0.139. The number of nitrogens with one attached hydrogen (secondary N) is 1. The van der Waals surface area contributed by atoms with Crippen LogP contribution in [0.5, 0.6) is 5.75 Å². The Morgan fingerprint density at radius 2 is 1.71 bits per heavy atom. The van der Waals surface area contributed by atoms with Gasteiger partial charge in [-0.25, -0.2) is 18.4 Å². The zero-order valence-electron chi connectivity index (χ0n) is 22.1. The summed E-state index contributed by atoms with van der Waals surface area (Å²) < 4.78 is 80.2. The maximum absolute atomic E-state index is 13.6. The van der Waals surface area contributed by atoms with Crippen LogP contribution in [0.25, 0.3) is 0 Å². The minimum Gasteiger partial charge on any atom is -0.491 e. The van der Waals surface area contributed by atoms with Crippen molar-refractivity contribution in [3.8, 4) is 5.75 Å². The maximum Gasteiger partial charge on any atom is 0.419 e. The smallest absolute Gasteiger partial charge is 0.419 e. The Morgan fingerprint density at radius 1 is 1.11 bits per heavy atom. The molecule has 0 atom stereocenters. The molecule has 1 saturated heterocycles. The van der Waals surface area contributed by atoms with Crippen molar-refractivity contribution in [3.05, 3.63) is 41.2 Å². The lowest BCUT2D eigenvalue weighted by Gasteiger charge is -2.36. The van der Waals surface area contributed by atoms with Crippen molar-refractivity contribution in [1.29, 1.82) is 0 Å². The summed E-state index contributed by atoms with van der Waals surface area (Å²) in [4.78, 5) is 7.91. The van der Waals surface area contributed by atoms with Crippen LogP contribution in [0.3, 0.4) is 0 Å². The van der Waals surface area contributed by atoms with Crippen molar-refractivity contribution in [2.24, 2.45) is 0 Å². The Bertz CT molecular complexity index is 1200. The molecule has 1 aliphatic rings. The number of alkyl halides is 3. The largest absolute Gasteiger partial charge is 0.491 e. The molecule has 0 amide bonds. The van der Waals surface area contributed by atoms with Gasteiger partial charge < -0.3 is 14.5 Å². The minimum absolute atomic E-state index is 0.0602. The Balaban J connectivity index is 1.69. The lowest BCUT2D eigenvalue weighted by Crippen LogP contribution is -2.42. The van der Waals surface area contributed by atoms with Gasteiger partial charge in [0.25, 0.3) is 0 Å². The van der Waals surface area contributed by atoms with Gasteiger partial charge in [-0.05, 0) is 43.1 Å². The van der Waals surface area contributed by atoms with Crippen molar-refractivity contribution in [2.45, 2.75) is 68.9 Å². The van der Waals surface area contributed by atoms with Crippen LogP contribution >= 0.6 is 11.6 Å². The highest BCUT2D eigenvalue weighted by atomic mass is 35.5. The highest BCUT2D eigenvalue weighted by Crippen LogP contribution is 2.39. The molecule has 0 spiro atoms. The quantitative estimate of drug-likeness (QED) is 0.289. The number of aromatic nitrogens is 2. The number of benzene rings is 1. The van der Waals surface area contributed by atoms with Crippen LogP contribution in [0.2, 0.25) is 23.2 Å². The van der Waals surface area contributed by atoms with E-state index in [-0.39, 0.29) is 42.3 Å². The van der Waals surface area contributed by atoms with E-state index in [2.05, 4.69) is 36.1 Å². The number of sulfonamides is 1. The van der Waals surface area contributed by atoms with Crippen LogP contribution in [0.4, 0.5) is 19.1 Å². The van der Waals surface area contributed by atoms with Gasteiger partial charge in [0.2, 0.25) is 16.0 Å². The molecule has 8 nitrogen and oxygen atoms in total. The van der Waals surface area contributed by atoms with Gasteiger partial charge in [-0.2, -0.15) is 17.5 Å². The van der Waals surface area contributed by atoms with E-state index in [9.17, 15) is 21.6 Å². The Hall–Kier alpha value is -1.93. The van der Waals surface area contributed by atoms with Crippen LogP contribution in [0.1, 0.15) is 39.2 Å². The van der Waals surface area contributed by atoms with E-state index in [1.807, 2.05) is 13.1 Å². The zero-order valence-corrected chi connectivity index (χ0v) is 24.7. The molecule has 3 rings (SSSR count). The molecule has 1 aromatic carbocycles. The fourth-order valence-corrected chi connectivity index (χ4v) is 6.25. The molecule has 212 valence electrons. The van der Waals surface area contributed by atoms with Gasteiger partial charge in [-0.3, -0.25) is 0 Å². The number of anilines is 1. The van der Waals surface area contributed by atoms with E-state index in [0.717, 1.165) is 18.2 Å². The number of ether oxygens (including phenoxy) is 1.